The zero-order valence-electron chi connectivity index (χ0n) is 21.6. The summed E-state index contributed by atoms with van der Waals surface area (Å²) in [7, 11) is -3.89. The normalized spacial score (nSPS) is 14.6. The molecule has 2 amide bonds. The molecule has 3 heterocycles. The van der Waals surface area contributed by atoms with Gasteiger partial charge in [-0.15, -0.1) is 5.10 Å². The van der Waals surface area contributed by atoms with Crippen LogP contribution < -0.4 is 10.6 Å². The van der Waals surface area contributed by atoms with E-state index in [1.54, 1.807) is 37.4 Å². The molecule has 0 radical (unpaired) electrons. The van der Waals surface area contributed by atoms with Gasteiger partial charge in [-0.25, -0.2) is 13.1 Å². The Morgan fingerprint density at radius 1 is 1.20 bits per heavy atom. The first-order valence-electron chi connectivity index (χ1n) is 12.3. The van der Waals surface area contributed by atoms with E-state index in [2.05, 4.69) is 25.9 Å². The molecule has 1 unspecified atom stereocenters. The lowest BCUT2D eigenvalue weighted by molar-refractivity contribution is -0.110. The van der Waals surface area contributed by atoms with E-state index in [1.807, 2.05) is 0 Å². The van der Waals surface area contributed by atoms with Crippen LogP contribution in [-0.4, -0.2) is 58.0 Å². The van der Waals surface area contributed by atoms with Crippen LogP contribution in [-0.2, 0) is 26.9 Å². The second-order valence-electron chi connectivity index (χ2n) is 9.45. The van der Waals surface area contributed by atoms with E-state index in [-0.39, 0.29) is 44.7 Å². The fourth-order valence-corrected chi connectivity index (χ4v) is 6.54. The number of aliphatic hydroxyl groups excluding tert-OH is 1. The number of amides is 2. The number of aromatic amines is 1. The number of fused-ring (bicyclic) bond motifs is 1. The molecule has 212 valence electrons. The van der Waals surface area contributed by atoms with Gasteiger partial charge in [0.05, 0.1) is 46.3 Å². The molecule has 4 aromatic rings. The average molecular weight is 615 g/mol. The topological polar surface area (TPSA) is 159 Å². The third-order valence-corrected chi connectivity index (χ3v) is 8.76. The number of H-pyrrole nitrogens is 1. The molecule has 4 N–H and O–H groups in total. The number of carbonyl (C=O) groups excluding carboxylic acids is 2. The molecule has 0 saturated carbocycles. The van der Waals surface area contributed by atoms with Crippen molar-refractivity contribution in [3.8, 4) is 0 Å². The number of hydrogen-bond donors (Lipinski definition) is 4. The largest absolute Gasteiger partial charge is 0.389 e. The maximum atomic E-state index is 13.3. The number of aliphatic hydroxyl groups is 1. The van der Waals surface area contributed by atoms with E-state index in [0.29, 0.717) is 22.6 Å². The van der Waals surface area contributed by atoms with Crippen LogP contribution >= 0.6 is 23.2 Å². The van der Waals surface area contributed by atoms with Crippen LogP contribution in [0.25, 0.3) is 11.6 Å². The maximum absolute atomic E-state index is 13.3. The highest BCUT2D eigenvalue weighted by Gasteiger charge is 2.28. The number of aryl methyl sites for hydroxylation is 1. The highest BCUT2D eigenvalue weighted by molar-refractivity contribution is 7.90. The fourth-order valence-electron chi connectivity index (χ4n) is 4.42. The van der Waals surface area contributed by atoms with E-state index in [4.69, 9.17) is 23.2 Å². The van der Waals surface area contributed by atoms with Crippen molar-refractivity contribution in [3.63, 3.8) is 0 Å². The molecule has 0 aliphatic carbocycles. The molecule has 0 saturated heterocycles. The number of hydrogen-bond acceptors (Lipinski definition) is 7. The van der Waals surface area contributed by atoms with E-state index in [0.717, 1.165) is 0 Å². The van der Waals surface area contributed by atoms with E-state index < -0.39 is 33.5 Å². The van der Waals surface area contributed by atoms with Gasteiger partial charge in [0.25, 0.3) is 11.8 Å². The standard InChI is InChI=1S/C27H24Cl2N6O5S/c1-15-9-20(26(37)30-12-16(36)13-35-8-7-31-34-35)25(32-15)11-19-18-10-17(5-6-24(18)33-27(19)38)41(39,40)14-21-22(28)3-2-4-23(21)29/h2-11,16,32,36H,12-14H2,1H3,(H,30,37)(H,33,38). The second-order valence-corrected chi connectivity index (χ2v) is 12.3. The molecule has 2 aromatic heterocycles. The van der Waals surface area contributed by atoms with Crippen molar-refractivity contribution >= 4 is 62.2 Å². The van der Waals surface area contributed by atoms with Crippen LogP contribution in [0.15, 0.2) is 59.8 Å². The van der Waals surface area contributed by atoms with Crippen molar-refractivity contribution in [3.05, 3.63) is 93.0 Å². The van der Waals surface area contributed by atoms with Gasteiger partial charge >= 0.3 is 0 Å². The van der Waals surface area contributed by atoms with E-state index >= 15 is 0 Å². The van der Waals surface area contributed by atoms with Crippen LogP contribution in [0, 0.1) is 6.92 Å². The lowest BCUT2D eigenvalue weighted by Gasteiger charge is -2.11. The third-order valence-electron chi connectivity index (χ3n) is 6.41. The van der Waals surface area contributed by atoms with Crippen LogP contribution in [0.3, 0.4) is 0 Å². The number of carbonyl (C=O) groups is 2. The Morgan fingerprint density at radius 2 is 1.95 bits per heavy atom. The Kier molecular flexibility index (Phi) is 8.00. The lowest BCUT2D eigenvalue weighted by atomic mass is 10.0. The summed E-state index contributed by atoms with van der Waals surface area (Å²) in [6, 6.07) is 10.7. The van der Waals surface area contributed by atoms with Crippen molar-refractivity contribution in [1.82, 2.24) is 25.3 Å². The monoisotopic (exact) mass is 614 g/mol. The molecule has 41 heavy (non-hydrogen) atoms. The van der Waals surface area contributed by atoms with Crippen LogP contribution in [0.4, 0.5) is 5.69 Å². The smallest absolute Gasteiger partial charge is 0.256 e. The summed E-state index contributed by atoms with van der Waals surface area (Å²) in [5, 5.41) is 23.6. The molecule has 1 aliphatic heterocycles. The van der Waals surface area contributed by atoms with Gasteiger partial charge in [0, 0.05) is 45.3 Å². The van der Waals surface area contributed by atoms with Gasteiger partial charge in [-0.3, -0.25) is 9.59 Å². The van der Waals surface area contributed by atoms with E-state index in [9.17, 15) is 23.1 Å². The Labute approximate surface area is 245 Å². The average Bonchev–Trinajstić information content (AvgIpc) is 3.64. The van der Waals surface area contributed by atoms with Gasteiger partial charge < -0.3 is 20.7 Å². The summed E-state index contributed by atoms with van der Waals surface area (Å²) in [6.45, 7) is 1.86. The summed E-state index contributed by atoms with van der Waals surface area (Å²) in [6.07, 6.45) is 3.67. The SMILES string of the molecule is Cc1cc(C(=O)NCC(O)Cn2ccnn2)c(C=C2C(=O)Nc3ccc(S(=O)(=O)Cc4c(Cl)cccc4Cl)cc32)[nH]1. The van der Waals surface area contributed by atoms with Gasteiger partial charge in [-0.1, -0.05) is 34.5 Å². The first-order valence-corrected chi connectivity index (χ1v) is 14.8. The molecule has 0 fully saturated rings. The zero-order valence-corrected chi connectivity index (χ0v) is 23.9. The Hall–Kier alpha value is -3.97. The fraction of sp³-hybridized carbons (Fsp3) is 0.185. The number of benzene rings is 2. The highest BCUT2D eigenvalue weighted by atomic mass is 35.5. The Bertz CT molecular complexity index is 1760. The Morgan fingerprint density at radius 3 is 2.66 bits per heavy atom. The molecule has 11 nitrogen and oxygen atoms in total. The number of rotatable bonds is 9. The van der Waals surface area contributed by atoms with Crippen LogP contribution in [0.2, 0.25) is 10.0 Å². The number of nitrogens with one attached hydrogen (secondary N) is 3. The summed E-state index contributed by atoms with van der Waals surface area (Å²) >= 11 is 12.4. The summed E-state index contributed by atoms with van der Waals surface area (Å²) in [5.41, 5.74) is 2.52. The number of aromatic nitrogens is 4. The van der Waals surface area contributed by atoms with Crippen molar-refractivity contribution in [2.45, 2.75) is 30.2 Å². The van der Waals surface area contributed by atoms with Crippen LogP contribution in [0.5, 0.6) is 0 Å². The first-order chi connectivity index (χ1) is 19.5. The molecule has 5 rings (SSSR count). The van der Waals surface area contributed by atoms with E-state index in [1.165, 1.54) is 35.2 Å². The number of halogens is 2. The number of anilines is 1. The predicted octanol–water partition coefficient (Wildman–Crippen LogP) is 3.48. The van der Waals surface area contributed by atoms with Gasteiger partial charge in [-0.05, 0) is 49.4 Å². The minimum Gasteiger partial charge on any atom is -0.389 e. The molecular weight excluding hydrogens is 591 g/mol. The molecule has 1 atom stereocenters. The summed E-state index contributed by atoms with van der Waals surface area (Å²) < 4.78 is 28.0. The van der Waals surface area contributed by atoms with Crippen molar-refractivity contribution in [2.75, 3.05) is 11.9 Å². The quantitative estimate of drug-likeness (QED) is 0.210. The number of nitrogens with zero attached hydrogens (tertiary/aromatic N) is 3. The number of sulfone groups is 1. The zero-order chi connectivity index (χ0) is 29.3. The van der Waals surface area contributed by atoms with Crippen molar-refractivity contribution < 1.29 is 23.1 Å². The molecule has 2 aromatic carbocycles. The Balaban J connectivity index is 1.40. The molecular formula is C27H24Cl2N6O5S. The minimum atomic E-state index is -3.89. The highest BCUT2D eigenvalue weighted by Crippen LogP contribution is 2.36. The third kappa shape index (κ3) is 6.20. The first kappa shape index (κ1) is 28.6. The van der Waals surface area contributed by atoms with Crippen molar-refractivity contribution in [2.24, 2.45) is 0 Å². The summed E-state index contributed by atoms with van der Waals surface area (Å²) in [5.74, 6) is -1.34. The van der Waals surface area contributed by atoms with Gasteiger partial charge in [-0.2, -0.15) is 0 Å². The molecule has 0 spiro atoms. The van der Waals surface area contributed by atoms with Gasteiger partial charge in [0.1, 0.15) is 0 Å². The molecule has 0 bridgehead atoms. The second kappa shape index (κ2) is 11.5. The maximum Gasteiger partial charge on any atom is 0.256 e. The van der Waals surface area contributed by atoms with Crippen molar-refractivity contribution in [1.29, 1.82) is 0 Å². The van der Waals surface area contributed by atoms with Gasteiger partial charge in [0.2, 0.25) is 0 Å². The lowest BCUT2D eigenvalue weighted by Crippen LogP contribution is -2.34. The minimum absolute atomic E-state index is 0.0170. The van der Waals surface area contributed by atoms with Gasteiger partial charge in [0.15, 0.2) is 9.84 Å². The van der Waals surface area contributed by atoms with Crippen LogP contribution in [0.1, 0.15) is 32.9 Å². The molecule has 1 aliphatic rings. The molecule has 14 heteroatoms. The predicted molar refractivity (Wildman–Crippen MR) is 154 cm³/mol. The summed E-state index contributed by atoms with van der Waals surface area (Å²) in [4.78, 5) is 29.0.